The van der Waals surface area contributed by atoms with Crippen molar-refractivity contribution < 1.29 is 4.79 Å². The number of aliphatic imine (C=N–C) groups is 1. The van der Waals surface area contributed by atoms with Gasteiger partial charge in [0.25, 0.3) is 0 Å². The van der Waals surface area contributed by atoms with E-state index in [-0.39, 0.29) is 5.78 Å². The fourth-order valence-electron chi connectivity index (χ4n) is 5.22. The van der Waals surface area contributed by atoms with E-state index < -0.39 is 0 Å². The molecule has 3 aromatic rings. The molecule has 0 spiro atoms. The SMILES string of the molecule is C#CC=C(N=CC)c1ccnc(Nc2cc(Cl)c3[nH]c(C(=O)CC4CCC(CC(C)C)CC4)cc3c2)n1. The number of aromatic amines is 1. The van der Waals surface area contributed by atoms with Crippen LogP contribution < -0.4 is 5.32 Å². The Morgan fingerprint density at radius 1 is 1.27 bits per heavy atom. The maximum atomic E-state index is 13.1. The Hall–Kier alpha value is -3.43. The number of ketones is 1. The van der Waals surface area contributed by atoms with Gasteiger partial charge in [0.2, 0.25) is 5.95 Å². The Bertz CT molecular complexity index is 1360. The van der Waals surface area contributed by atoms with Crippen LogP contribution in [0.3, 0.4) is 0 Å². The van der Waals surface area contributed by atoms with Crippen molar-refractivity contribution in [3.05, 3.63) is 52.9 Å². The number of allylic oxidation sites excluding steroid dienone is 1. The van der Waals surface area contributed by atoms with Gasteiger partial charge in [-0.1, -0.05) is 44.2 Å². The molecule has 37 heavy (non-hydrogen) atoms. The van der Waals surface area contributed by atoms with Crippen LogP contribution in [0.4, 0.5) is 11.6 Å². The first kappa shape index (κ1) is 26.6. The molecule has 2 N–H and O–H groups in total. The highest BCUT2D eigenvalue weighted by atomic mass is 35.5. The number of Topliss-reactive ketones (excluding diaryl/α,β-unsaturated/α-hetero) is 1. The Morgan fingerprint density at radius 3 is 2.73 bits per heavy atom. The van der Waals surface area contributed by atoms with E-state index in [1.807, 2.05) is 19.1 Å². The lowest BCUT2D eigenvalue weighted by Crippen LogP contribution is -2.18. The maximum absolute atomic E-state index is 13.1. The summed E-state index contributed by atoms with van der Waals surface area (Å²) in [5.74, 6) is 5.05. The number of H-pyrrole nitrogens is 1. The molecular formula is C30H34ClN5O. The van der Waals surface area contributed by atoms with Crippen LogP contribution in [0.5, 0.6) is 0 Å². The molecule has 1 aliphatic carbocycles. The average molecular weight is 516 g/mol. The minimum atomic E-state index is 0.148. The molecule has 1 aromatic carbocycles. The number of carbonyl (C=O) groups excluding carboxylic acids is 1. The standard InChI is InChI=1S/C30H34ClN5O/c1-5-7-25(32-6-2)26-12-13-33-30(36-26)34-23-16-22-17-27(35-29(22)24(31)18-23)28(37)15-21-10-8-20(9-11-21)14-19(3)4/h1,6-7,12-13,16-21,35H,8-11,14-15H2,2-4H3,(H,33,34,36). The number of benzene rings is 1. The van der Waals surface area contributed by atoms with Crippen LogP contribution in [0, 0.1) is 30.1 Å². The molecule has 6 nitrogen and oxygen atoms in total. The van der Waals surface area contributed by atoms with Gasteiger partial charge in [-0.25, -0.2) is 9.97 Å². The summed E-state index contributed by atoms with van der Waals surface area (Å²) >= 11 is 6.59. The van der Waals surface area contributed by atoms with E-state index in [2.05, 4.69) is 45.0 Å². The maximum Gasteiger partial charge on any atom is 0.227 e. The number of nitrogens with zero attached hydrogens (tertiary/aromatic N) is 3. The van der Waals surface area contributed by atoms with Crippen LogP contribution >= 0.6 is 11.6 Å². The molecule has 4 rings (SSSR count). The van der Waals surface area contributed by atoms with Crippen LogP contribution in [0.2, 0.25) is 5.02 Å². The Kier molecular flexibility index (Phi) is 8.78. The van der Waals surface area contributed by atoms with E-state index in [1.165, 1.54) is 19.3 Å². The summed E-state index contributed by atoms with van der Waals surface area (Å²) in [5.41, 5.74) is 3.26. The predicted octanol–water partition coefficient (Wildman–Crippen LogP) is 7.85. The lowest BCUT2D eigenvalue weighted by atomic mass is 9.77. The molecule has 0 bridgehead atoms. The fraction of sp³-hybridized carbons (Fsp3) is 0.400. The van der Waals surface area contributed by atoms with Gasteiger partial charge in [-0.3, -0.25) is 9.79 Å². The first-order valence-electron chi connectivity index (χ1n) is 13.0. The quantitative estimate of drug-likeness (QED) is 0.173. The summed E-state index contributed by atoms with van der Waals surface area (Å²) in [6.45, 7) is 6.40. The third-order valence-electron chi connectivity index (χ3n) is 6.89. The summed E-state index contributed by atoms with van der Waals surface area (Å²) in [7, 11) is 0. The molecule has 0 radical (unpaired) electrons. The summed E-state index contributed by atoms with van der Waals surface area (Å²) in [6.07, 6.45) is 16.9. The zero-order chi connectivity index (χ0) is 26.4. The highest BCUT2D eigenvalue weighted by molar-refractivity contribution is 6.35. The minimum absolute atomic E-state index is 0.148. The van der Waals surface area contributed by atoms with Gasteiger partial charge in [0.1, 0.15) is 0 Å². The zero-order valence-electron chi connectivity index (χ0n) is 21.7. The van der Waals surface area contributed by atoms with E-state index in [0.717, 1.165) is 41.3 Å². The van der Waals surface area contributed by atoms with Crippen LogP contribution in [-0.2, 0) is 0 Å². The van der Waals surface area contributed by atoms with Gasteiger partial charge in [-0.15, -0.1) is 6.42 Å². The van der Waals surface area contributed by atoms with Crippen LogP contribution in [0.1, 0.15) is 75.5 Å². The van der Waals surface area contributed by atoms with Crippen molar-refractivity contribution in [2.75, 3.05) is 5.32 Å². The van der Waals surface area contributed by atoms with Gasteiger partial charge < -0.3 is 10.3 Å². The molecule has 1 fully saturated rings. The van der Waals surface area contributed by atoms with Crippen molar-refractivity contribution in [1.82, 2.24) is 15.0 Å². The summed E-state index contributed by atoms with van der Waals surface area (Å²) < 4.78 is 0. The topological polar surface area (TPSA) is 83.0 Å². The highest BCUT2D eigenvalue weighted by Gasteiger charge is 2.24. The number of carbonyl (C=O) groups is 1. The number of halogens is 1. The molecule has 0 aliphatic heterocycles. The van der Waals surface area contributed by atoms with Crippen LogP contribution in [0.25, 0.3) is 16.6 Å². The minimum Gasteiger partial charge on any atom is -0.351 e. The smallest absolute Gasteiger partial charge is 0.227 e. The molecule has 0 unspecified atom stereocenters. The average Bonchev–Trinajstić information content (AvgIpc) is 3.30. The largest absolute Gasteiger partial charge is 0.351 e. The molecule has 1 aliphatic rings. The second-order valence-corrected chi connectivity index (χ2v) is 10.6. The third-order valence-corrected chi connectivity index (χ3v) is 7.19. The van der Waals surface area contributed by atoms with E-state index >= 15 is 0 Å². The Labute approximate surface area is 224 Å². The second kappa shape index (κ2) is 12.2. The number of terminal acetylenes is 1. The van der Waals surface area contributed by atoms with Crippen molar-refractivity contribution in [2.24, 2.45) is 22.7 Å². The summed E-state index contributed by atoms with van der Waals surface area (Å²) in [4.78, 5) is 29.5. The fourth-order valence-corrected chi connectivity index (χ4v) is 5.49. The molecule has 0 saturated heterocycles. The number of fused-ring (bicyclic) bond motifs is 1. The number of hydrogen-bond acceptors (Lipinski definition) is 5. The molecule has 192 valence electrons. The molecular weight excluding hydrogens is 482 g/mol. The van der Waals surface area contributed by atoms with Crippen molar-refractivity contribution in [3.63, 3.8) is 0 Å². The monoisotopic (exact) mass is 515 g/mol. The van der Waals surface area contributed by atoms with E-state index in [9.17, 15) is 4.79 Å². The number of hydrogen-bond donors (Lipinski definition) is 2. The van der Waals surface area contributed by atoms with Crippen molar-refractivity contribution >= 4 is 51.8 Å². The zero-order valence-corrected chi connectivity index (χ0v) is 22.5. The van der Waals surface area contributed by atoms with Gasteiger partial charge in [-0.05, 0) is 68.2 Å². The molecule has 7 heteroatoms. The first-order valence-corrected chi connectivity index (χ1v) is 13.3. The Balaban J connectivity index is 1.47. The van der Waals surface area contributed by atoms with Crippen molar-refractivity contribution in [3.8, 4) is 12.3 Å². The first-order chi connectivity index (χ1) is 17.9. The molecule has 0 amide bonds. The second-order valence-electron chi connectivity index (χ2n) is 10.2. The summed E-state index contributed by atoms with van der Waals surface area (Å²) in [5, 5.41) is 4.58. The van der Waals surface area contributed by atoms with Crippen LogP contribution in [-0.4, -0.2) is 26.9 Å². The normalized spacial score (nSPS) is 18.4. The van der Waals surface area contributed by atoms with Gasteiger partial charge in [0.05, 0.1) is 27.6 Å². The van der Waals surface area contributed by atoms with Gasteiger partial charge >= 0.3 is 0 Å². The molecule has 0 atom stereocenters. The van der Waals surface area contributed by atoms with E-state index in [4.69, 9.17) is 18.0 Å². The molecule has 1 saturated carbocycles. The van der Waals surface area contributed by atoms with Gasteiger partial charge in [0, 0.05) is 36.0 Å². The number of aromatic nitrogens is 3. The van der Waals surface area contributed by atoms with Gasteiger partial charge in [0.15, 0.2) is 5.78 Å². The predicted molar refractivity (Wildman–Crippen MR) is 153 cm³/mol. The van der Waals surface area contributed by atoms with E-state index in [1.54, 1.807) is 30.6 Å². The number of rotatable bonds is 9. The number of anilines is 2. The number of nitrogens with one attached hydrogen (secondary N) is 2. The highest BCUT2D eigenvalue weighted by Crippen LogP contribution is 2.35. The Morgan fingerprint density at radius 2 is 2.03 bits per heavy atom. The molecule has 2 heterocycles. The lowest BCUT2D eigenvalue weighted by Gasteiger charge is -2.29. The molecule has 2 aromatic heterocycles. The van der Waals surface area contributed by atoms with Crippen LogP contribution in [0.15, 0.2) is 41.5 Å². The van der Waals surface area contributed by atoms with Crippen molar-refractivity contribution in [2.45, 2.75) is 59.3 Å². The van der Waals surface area contributed by atoms with Crippen molar-refractivity contribution in [1.29, 1.82) is 0 Å². The van der Waals surface area contributed by atoms with E-state index in [0.29, 0.717) is 40.4 Å². The van der Waals surface area contributed by atoms with Gasteiger partial charge in [-0.2, -0.15) is 0 Å². The lowest BCUT2D eigenvalue weighted by molar-refractivity contribution is 0.0936. The third kappa shape index (κ3) is 6.87. The summed E-state index contributed by atoms with van der Waals surface area (Å²) in [6, 6.07) is 7.37.